The van der Waals surface area contributed by atoms with E-state index < -0.39 is 0 Å². The van der Waals surface area contributed by atoms with E-state index in [1.165, 1.54) is 10.5 Å². The number of hydrogen-bond acceptors (Lipinski definition) is 2. The van der Waals surface area contributed by atoms with Crippen LogP contribution >= 0.6 is 35.6 Å². The summed E-state index contributed by atoms with van der Waals surface area (Å²) < 4.78 is 0. The van der Waals surface area contributed by atoms with Gasteiger partial charge in [0.05, 0.1) is 0 Å². The number of thioether (sulfide) groups is 1. The summed E-state index contributed by atoms with van der Waals surface area (Å²) in [6.07, 6.45) is 0. The van der Waals surface area contributed by atoms with E-state index in [-0.39, 0.29) is 0 Å². The summed E-state index contributed by atoms with van der Waals surface area (Å²) in [6.45, 7) is 4.70. The van der Waals surface area contributed by atoms with Gasteiger partial charge in [-0.15, -0.1) is 11.8 Å². The van der Waals surface area contributed by atoms with Crippen molar-refractivity contribution in [1.82, 2.24) is 10.2 Å². The molecular weight excluding hydrogens is 344 g/mol. The van der Waals surface area contributed by atoms with Gasteiger partial charge >= 0.3 is 0 Å². The zero-order chi connectivity index (χ0) is 16.5. The number of thiocarbonyl (C=S) groups is 1. The second-order valence-corrected chi connectivity index (χ2v) is 7.03. The first-order valence-corrected chi connectivity index (χ1v) is 9.41. The highest BCUT2D eigenvalue weighted by atomic mass is 35.5. The molecule has 0 bridgehead atoms. The van der Waals surface area contributed by atoms with Gasteiger partial charge in [-0.1, -0.05) is 41.9 Å². The van der Waals surface area contributed by atoms with Gasteiger partial charge in [0.25, 0.3) is 0 Å². The van der Waals surface area contributed by atoms with Crippen LogP contribution in [-0.4, -0.2) is 28.9 Å². The second-order valence-electron chi connectivity index (χ2n) is 5.03. The third-order valence-electron chi connectivity index (χ3n) is 3.35. The monoisotopic (exact) mass is 364 g/mol. The predicted molar refractivity (Wildman–Crippen MR) is 105 cm³/mol. The van der Waals surface area contributed by atoms with E-state index in [1.807, 2.05) is 30.3 Å². The molecule has 0 heterocycles. The third-order valence-corrected chi connectivity index (χ3v) is 5.01. The van der Waals surface area contributed by atoms with E-state index in [0.29, 0.717) is 0 Å². The lowest BCUT2D eigenvalue weighted by molar-refractivity contribution is 0.428. The molecule has 23 heavy (non-hydrogen) atoms. The topological polar surface area (TPSA) is 15.3 Å². The molecule has 2 aromatic rings. The van der Waals surface area contributed by atoms with Crippen LogP contribution in [0.1, 0.15) is 12.5 Å². The Morgan fingerprint density at radius 2 is 1.83 bits per heavy atom. The smallest absolute Gasteiger partial charge is 0.169 e. The normalized spacial score (nSPS) is 10.3. The van der Waals surface area contributed by atoms with Crippen molar-refractivity contribution in [1.29, 1.82) is 0 Å². The highest BCUT2D eigenvalue weighted by molar-refractivity contribution is 7.99. The zero-order valence-corrected chi connectivity index (χ0v) is 15.6. The Kier molecular flexibility index (Phi) is 7.72. The van der Waals surface area contributed by atoms with Crippen LogP contribution in [0, 0.1) is 0 Å². The highest BCUT2D eigenvalue weighted by Gasteiger charge is 2.07. The van der Waals surface area contributed by atoms with Crippen LogP contribution in [0.15, 0.2) is 59.5 Å². The Balaban J connectivity index is 1.73. The molecule has 2 rings (SSSR count). The lowest BCUT2D eigenvalue weighted by atomic mass is 10.2. The van der Waals surface area contributed by atoms with Crippen LogP contribution < -0.4 is 5.32 Å². The van der Waals surface area contributed by atoms with Gasteiger partial charge in [-0.2, -0.15) is 0 Å². The van der Waals surface area contributed by atoms with Crippen molar-refractivity contribution in [3.05, 3.63) is 65.2 Å². The van der Waals surface area contributed by atoms with Gasteiger partial charge in [0.2, 0.25) is 0 Å². The Hall–Kier alpha value is -1.23. The summed E-state index contributed by atoms with van der Waals surface area (Å²) in [5, 5.41) is 4.93. The average molecular weight is 365 g/mol. The van der Waals surface area contributed by atoms with E-state index in [0.717, 1.165) is 35.5 Å². The van der Waals surface area contributed by atoms with E-state index in [9.17, 15) is 0 Å². The van der Waals surface area contributed by atoms with E-state index in [1.54, 1.807) is 11.8 Å². The molecule has 0 radical (unpaired) electrons. The molecular formula is C18H21ClN2S2. The SMILES string of the molecule is CCN(Cc1ccccc1)C(=S)NCCSc1ccc(Cl)cc1. The molecule has 0 aliphatic carbocycles. The van der Waals surface area contributed by atoms with Crippen LogP contribution in [0.25, 0.3) is 0 Å². The summed E-state index contributed by atoms with van der Waals surface area (Å²) in [4.78, 5) is 3.40. The number of nitrogens with one attached hydrogen (secondary N) is 1. The van der Waals surface area contributed by atoms with Crippen LogP contribution in [-0.2, 0) is 6.54 Å². The van der Waals surface area contributed by atoms with E-state index >= 15 is 0 Å². The van der Waals surface area contributed by atoms with Crippen molar-refractivity contribution in [3.8, 4) is 0 Å². The minimum atomic E-state index is 0.771. The molecule has 2 nitrogen and oxygen atoms in total. The minimum absolute atomic E-state index is 0.771. The largest absolute Gasteiger partial charge is 0.362 e. The zero-order valence-electron chi connectivity index (χ0n) is 13.2. The molecule has 0 aliphatic heterocycles. The third kappa shape index (κ3) is 6.42. The van der Waals surface area contributed by atoms with Crippen LogP contribution in [0.4, 0.5) is 0 Å². The van der Waals surface area contributed by atoms with Crippen molar-refractivity contribution in [2.75, 3.05) is 18.8 Å². The quantitative estimate of drug-likeness (QED) is 0.430. The molecule has 0 unspecified atom stereocenters. The van der Waals surface area contributed by atoms with Crippen molar-refractivity contribution < 1.29 is 0 Å². The fraction of sp³-hybridized carbons (Fsp3) is 0.278. The predicted octanol–water partition coefficient (Wildman–Crippen LogP) is 4.83. The second kappa shape index (κ2) is 9.81. The van der Waals surface area contributed by atoms with Gasteiger partial charge in [0.1, 0.15) is 0 Å². The molecule has 0 spiro atoms. The first kappa shape index (κ1) is 18.1. The van der Waals surface area contributed by atoms with Gasteiger partial charge in [0.15, 0.2) is 5.11 Å². The maximum Gasteiger partial charge on any atom is 0.169 e. The molecule has 0 aromatic heterocycles. The Morgan fingerprint density at radius 3 is 2.48 bits per heavy atom. The van der Waals surface area contributed by atoms with E-state index in [4.69, 9.17) is 23.8 Å². The number of nitrogens with zero attached hydrogens (tertiary/aromatic N) is 1. The molecule has 1 N–H and O–H groups in total. The molecule has 0 saturated heterocycles. The van der Waals surface area contributed by atoms with Gasteiger partial charge in [0, 0.05) is 35.3 Å². The van der Waals surface area contributed by atoms with Crippen molar-refractivity contribution >= 4 is 40.7 Å². The highest BCUT2D eigenvalue weighted by Crippen LogP contribution is 2.19. The van der Waals surface area contributed by atoms with Gasteiger partial charge in [-0.3, -0.25) is 0 Å². The Bertz CT molecular complexity index is 602. The van der Waals surface area contributed by atoms with Crippen molar-refractivity contribution in [2.24, 2.45) is 0 Å². The summed E-state index contributed by atoms with van der Waals surface area (Å²) in [6, 6.07) is 18.3. The molecule has 0 aliphatic rings. The summed E-state index contributed by atoms with van der Waals surface area (Å²) in [5.74, 6) is 0.963. The fourth-order valence-corrected chi connectivity index (χ4v) is 3.29. The van der Waals surface area contributed by atoms with Gasteiger partial charge < -0.3 is 10.2 Å². The minimum Gasteiger partial charge on any atom is -0.362 e. The van der Waals surface area contributed by atoms with Gasteiger partial charge in [-0.05, 0) is 49.0 Å². The van der Waals surface area contributed by atoms with Crippen LogP contribution in [0.3, 0.4) is 0 Å². The maximum atomic E-state index is 5.89. The maximum absolute atomic E-state index is 5.89. The first-order valence-electron chi connectivity index (χ1n) is 7.64. The number of benzene rings is 2. The molecule has 0 fully saturated rings. The molecule has 0 amide bonds. The number of rotatable bonds is 7. The van der Waals surface area contributed by atoms with Crippen molar-refractivity contribution in [3.63, 3.8) is 0 Å². The summed E-state index contributed by atoms with van der Waals surface area (Å²) >= 11 is 13.2. The first-order chi connectivity index (χ1) is 11.2. The van der Waals surface area contributed by atoms with Crippen molar-refractivity contribution in [2.45, 2.75) is 18.4 Å². The summed E-state index contributed by atoms with van der Waals surface area (Å²) in [5.41, 5.74) is 1.27. The molecule has 2 aromatic carbocycles. The van der Waals surface area contributed by atoms with Gasteiger partial charge in [-0.25, -0.2) is 0 Å². The molecule has 5 heteroatoms. The average Bonchev–Trinajstić information content (AvgIpc) is 2.59. The fourth-order valence-electron chi connectivity index (χ4n) is 2.10. The molecule has 0 atom stereocenters. The standard InChI is InChI=1S/C18H21ClN2S2/c1-2-21(14-15-6-4-3-5-7-15)18(22)20-12-13-23-17-10-8-16(19)9-11-17/h3-11H,2,12-14H2,1H3,(H,20,22). The van der Waals surface area contributed by atoms with Crippen LogP contribution in [0.5, 0.6) is 0 Å². The summed E-state index contributed by atoms with van der Waals surface area (Å²) in [7, 11) is 0. The Labute approximate surface area is 153 Å². The lowest BCUT2D eigenvalue weighted by Gasteiger charge is -2.24. The van der Waals surface area contributed by atoms with E-state index in [2.05, 4.69) is 41.4 Å². The Morgan fingerprint density at radius 1 is 1.13 bits per heavy atom. The molecule has 0 saturated carbocycles. The number of hydrogen-bond donors (Lipinski definition) is 1. The lowest BCUT2D eigenvalue weighted by Crippen LogP contribution is -2.40. The van der Waals surface area contributed by atoms with Crippen LogP contribution in [0.2, 0.25) is 5.02 Å². The molecule has 122 valence electrons. The number of halogens is 1.